The molecule has 0 unspecified atom stereocenters. The molecule has 0 bridgehead atoms. The fourth-order valence-corrected chi connectivity index (χ4v) is 3.13. The minimum atomic E-state index is -0.0161. The van der Waals surface area contributed by atoms with Gasteiger partial charge in [0.1, 0.15) is 12.9 Å². The number of carbonyl (C=O) groups is 1. The summed E-state index contributed by atoms with van der Waals surface area (Å²) in [5, 5.41) is 8.38. The predicted molar refractivity (Wildman–Crippen MR) is 85.7 cm³/mol. The Morgan fingerprint density at radius 1 is 1.30 bits per heavy atom. The highest BCUT2D eigenvalue weighted by Gasteiger charge is 2.31. The van der Waals surface area contributed by atoms with E-state index in [1.165, 1.54) is 5.56 Å². The van der Waals surface area contributed by atoms with Crippen molar-refractivity contribution in [2.45, 2.75) is 31.8 Å². The van der Waals surface area contributed by atoms with Crippen molar-refractivity contribution >= 4 is 5.91 Å². The second-order valence-electron chi connectivity index (χ2n) is 5.83. The third kappa shape index (κ3) is 3.59. The molecule has 0 radical (unpaired) electrons. The quantitative estimate of drug-likeness (QED) is 0.847. The minimum absolute atomic E-state index is 0.0161. The highest BCUT2D eigenvalue weighted by atomic mass is 16.5. The van der Waals surface area contributed by atoms with Crippen molar-refractivity contribution < 1.29 is 9.53 Å². The molecule has 2 heterocycles. The van der Waals surface area contributed by atoms with Crippen molar-refractivity contribution in [1.82, 2.24) is 19.7 Å². The van der Waals surface area contributed by atoms with Gasteiger partial charge in [-0.2, -0.15) is 0 Å². The number of benzene rings is 1. The number of amides is 1. The zero-order valence-corrected chi connectivity index (χ0v) is 13.4. The first-order valence-corrected chi connectivity index (χ1v) is 7.99. The molecular weight excluding hydrogens is 292 g/mol. The second kappa shape index (κ2) is 7.37. The molecular formula is C17H22N4O2. The molecule has 0 saturated carbocycles. The van der Waals surface area contributed by atoms with Crippen LogP contribution in [0, 0.1) is 0 Å². The van der Waals surface area contributed by atoms with Crippen LogP contribution in [-0.4, -0.2) is 45.8 Å². The summed E-state index contributed by atoms with van der Waals surface area (Å²) in [4.78, 5) is 14.2. The van der Waals surface area contributed by atoms with Gasteiger partial charge in [-0.25, -0.2) is 0 Å². The number of carbonyl (C=O) groups excluding carboxylic acids is 1. The molecule has 1 aliphatic heterocycles. The van der Waals surface area contributed by atoms with Crippen LogP contribution in [0.4, 0.5) is 0 Å². The number of methoxy groups -OCH3 is 1. The Hall–Kier alpha value is -2.21. The maximum absolute atomic E-state index is 12.3. The van der Waals surface area contributed by atoms with Crippen molar-refractivity contribution in [2.24, 2.45) is 0 Å². The van der Waals surface area contributed by atoms with E-state index in [1.54, 1.807) is 13.4 Å². The van der Waals surface area contributed by atoms with Crippen LogP contribution in [0.1, 0.15) is 36.7 Å². The largest absolute Gasteiger partial charge is 0.375 e. The van der Waals surface area contributed by atoms with E-state index in [1.807, 2.05) is 27.7 Å². The number of piperidine rings is 1. The number of ether oxygens (including phenoxy) is 1. The molecule has 0 aliphatic carbocycles. The van der Waals surface area contributed by atoms with Gasteiger partial charge in [-0.15, -0.1) is 10.2 Å². The Balaban J connectivity index is 1.82. The molecule has 6 heteroatoms. The van der Waals surface area contributed by atoms with E-state index in [-0.39, 0.29) is 18.6 Å². The molecule has 1 atom stereocenters. The Labute approximate surface area is 136 Å². The van der Waals surface area contributed by atoms with Crippen molar-refractivity contribution in [3.8, 4) is 0 Å². The third-order valence-corrected chi connectivity index (χ3v) is 4.23. The van der Waals surface area contributed by atoms with Crippen molar-refractivity contribution in [1.29, 1.82) is 0 Å². The average molecular weight is 314 g/mol. The molecule has 23 heavy (non-hydrogen) atoms. The van der Waals surface area contributed by atoms with Crippen LogP contribution in [0.3, 0.4) is 0 Å². The molecule has 1 aliphatic rings. The molecule has 122 valence electrons. The summed E-state index contributed by atoms with van der Waals surface area (Å²) in [6.45, 7) is 1.58. The predicted octanol–water partition coefficient (Wildman–Crippen LogP) is 2.03. The van der Waals surface area contributed by atoms with Gasteiger partial charge in [0.15, 0.2) is 5.82 Å². The fraction of sp³-hybridized carbons (Fsp3) is 0.471. The molecule has 1 fully saturated rings. The standard InChI is InChI=1S/C17H22N4O2/c1-23-12-16(22)21-10-6-5-9-15(21)17-19-18-13-20(17)11-14-7-3-2-4-8-14/h2-4,7-8,13,15H,5-6,9-12H2,1H3/t15-/m0/s1. The highest BCUT2D eigenvalue weighted by Crippen LogP contribution is 2.30. The van der Waals surface area contributed by atoms with Gasteiger partial charge < -0.3 is 14.2 Å². The molecule has 3 rings (SSSR count). The van der Waals surface area contributed by atoms with E-state index < -0.39 is 0 Å². The first-order chi connectivity index (χ1) is 11.3. The summed E-state index contributed by atoms with van der Waals surface area (Å²) in [6.07, 6.45) is 4.79. The van der Waals surface area contributed by atoms with Crippen LogP contribution >= 0.6 is 0 Å². The summed E-state index contributed by atoms with van der Waals surface area (Å²) in [5.74, 6) is 0.879. The summed E-state index contributed by atoms with van der Waals surface area (Å²) in [6, 6.07) is 10.2. The summed E-state index contributed by atoms with van der Waals surface area (Å²) >= 11 is 0. The lowest BCUT2D eigenvalue weighted by molar-refractivity contribution is -0.139. The lowest BCUT2D eigenvalue weighted by Crippen LogP contribution is -2.41. The fourth-order valence-electron chi connectivity index (χ4n) is 3.13. The molecule has 0 N–H and O–H groups in total. The molecule has 1 aromatic heterocycles. The summed E-state index contributed by atoms with van der Waals surface area (Å²) in [7, 11) is 1.55. The molecule has 1 saturated heterocycles. The van der Waals surface area contributed by atoms with E-state index in [2.05, 4.69) is 22.3 Å². The van der Waals surface area contributed by atoms with Crippen LogP contribution < -0.4 is 0 Å². The Morgan fingerprint density at radius 3 is 2.91 bits per heavy atom. The van der Waals surface area contributed by atoms with Gasteiger partial charge in [-0.1, -0.05) is 30.3 Å². The lowest BCUT2D eigenvalue weighted by Gasteiger charge is -2.35. The zero-order valence-electron chi connectivity index (χ0n) is 13.4. The number of nitrogens with zero attached hydrogens (tertiary/aromatic N) is 4. The molecule has 1 aromatic carbocycles. The number of hydrogen-bond donors (Lipinski definition) is 0. The van der Waals surface area contributed by atoms with Gasteiger partial charge in [0.25, 0.3) is 0 Å². The Bertz CT molecular complexity index is 641. The van der Waals surface area contributed by atoms with Crippen molar-refractivity contribution in [3.05, 3.63) is 48.0 Å². The van der Waals surface area contributed by atoms with Gasteiger partial charge in [0, 0.05) is 13.7 Å². The van der Waals surface area contributed by atoms with E-state index in [4.69, 9.17) is 4.74 Å². The normalized spacial score (nSPS) is 18.1. The third-order valence-electron chi connectivity index (χ3n) is 4.23. The van der Waals surface area contributed by atoms with Crippen molar-refractivity contribution in [3.63, 3.8) is 0 Å². The minimum Gasteiger partial charge on any atom is -0.375 e. The van der Waals surface area contributed by atoms with Crippen LogP contribution in [0.25, 0.3) is 0 Å². The van der Waals surface area contributed by atoms with Crippen LogP contribution in [0.5, 0.6) is 0 Å². The van der Waals surface area contributed by atoms with E-state index in [0.29, 0.717) is 6.54 Å². The van der Waals surface area contributed by atoms with Gasteiger partial charge in [-0.05, 0) is 24.8 Å². The molecule has 6 nitrogen and oxygen atoms in total. The number of aromatic nitrogens is 3. The smallest absolute Gasteiger partial charge is 0.249 e. The number of rotatable bonds is 5. The van der Waals surface area contributed by atoms with Crippen molar-refractivity contribution in [2.75, 3.05) is 20.3 Å². The topological polar surface area (TPSA) is 60.2 Å². The summed E-state index contributed by atoms with van der Waals surface area (Å²) < 4.78 is 7.05. The van der Waals surface area contributed by atoms with Gasteiger partial charge >= 0.3 is 0 Å². The number of hydrogen-bond acceptors (Lipinski definition) is 4. The first kappa shape index (κ1) is 15.7. The number of likely N-dealkylation sites (tertiary alicyclic amines) is 1. The monoisotopic (exact) mass is 314 g/mol. The average Bonchev–Trinajstić information content (AvgIpc) is 3.04. The molecule has 0 spiro atoms. The second-order valence-corrected chi connectivity index (χ2v) is 5.83. The zero-order chi connectivity index (χ0) is 16.1. The van der Waals surface area contributed by atoms with Crippen LogP contribution in [0.15, 0.2) is 36.7 Å². The highest BCUT2D eigenvalue weighted by molar-refractivity contribution is 5.78. The Kier molecular flexibility index (Phi) is 5.02. The summed E-state index contributed by atoms with van der Waals surface area (Å²) in [5.41, 5.74) is 1.19. The van der Waals surface area contributed by atoms with Crippen LogP contribution in [0.2, 0.25) is 0 Å². The molecule has 1 amide bonds. The van der Waals surface area contributed by atoms with Gasteiger partial charge in [0.2, 0.25) is 5.91 Å². The van der Waals surface area contributed by atoms with E-state index in [0.717, 1.165) is 31.6 Å². The van der Waals surface area contributed by atoms with E-state index in [9.17, 15) is 4.79 Å². The Morgan fingerprint density at radius 2 is 2.13 bits per heavy atom. The van der Waals surface area contributed by atoms with E-state index >= 15 is 0 Å². The maximum atomic E-state index is 12.3. The van der Waals surface area contributed by atoms with Crippen LogP contribution in [-0.2, 0) is 16.1 Å². The SMILES string of the molecule is COCC(=O)N1CCCC[C@H]1c1nncn1Cc1ccccc1. The van der Waals surface area contributed by atoms with Gasteiger partial charge in [0.05, 0.1) is 12.6 Å². The molecule has 2 aromatic rings. The first-order valence-electron chi connectivity index (χ1n) is 7.99. The van der Waals surface area contributed by atoms with Gasteiger partial charge in [-0.3, -0.25) is 4.79 Å². The lowest BCUT2D eigenvalue weighted by atomic mass is 10.0. The maximum Gasteiger partial charge on any atom is 0.249 e.